The van der Waals surface area contributed by atoms with Gasteiger partial charge in [-0.3, -0.25) is 9.97 Å². The van der Waals surface area contributed by atoms with Crippen molar-refractivity contribution >= 4 is 32.3 Å². The molecule has 0 saturated heterocycles. The molecule has 0 amide bonds. The molecule has 0 saturated carbocycles. The van der Waals surface area contributed by atoms with Gasteiger partial charge in [0.2, 0.25) is 0 Å². The first-order valence-corrected chi connectivity index (χ1v) is 13.4. The molecular weight excluding hydrogens is 486 g/mol. The third kappa shape index (κ3) is 3.71. The maximum Gasteiger partial charge on any atom is 0.0900 e. The highest BCUT2D eigenvalue weighted by Crippen LogP contribution is 2.39. The van der Waals surface area contributed by atoms with Crippen LogP contribution in [0.1, 0.15) is 0 Å². The molecule has 0 atom stereocenters. The van der Waals surface area contributed by atoms with Gasteiger partial charge in [-0.1, -0.05) is 91.0 Å². The van der Waals surface area contributed by atoms with Gasteiger partial charge < -0.3 is 0 Å². The largest absolute Gasteiger partial charge is 0.255 e. The van der Waals surface area contributed by atoms with Gasteiger partial charge >= 0.3 is 0 Å². The summed E-state index contributed by atoms with van der Waals surface area (Å²) < 4.78 is 0. The van der Waals surface area contributed by atoms with Crippen LogP contribution in [0.4, 0.5) is 0 Å². The van der Waals surface area contributed by atoms with Crippen LogP contribution in [0.5, 0.6) is 0 Å². The Balaban J connectivity index is 1.25. The molecule has 0 radical (unpaired) electrons. The second-order valence-electron chi connectivity index (χ2n) is 10.1. The molecule has 0 spiro atoms. The fourth-order valence-electron chi connectivity index (χ4n) is 5.82. The minimum Gasteiger partial charge on any atom is -0.255 e. The Morgan fingerprint density at radius 3 is 1.57 bits per heavy atom. The predicted molar refractivity (Wildman–Crippen MR) is 165 cm³/mol. The van der Waals surface area contributed by atoms with E-state index in [9.17, 15) is 0 Å². The Bertz CT molecular complexity index is 2060. The summed E-state index contributed by atoms with van der Waals surface area (Å²) >= 11 is 0. The van der Waals surface area contributed by atoms with Gasteiger partial charge in [0.25, 0.3) is 0 Å². The van der Waals surface area contributed by atoms with Gasteiger partial charge in [0.1, 0.15) is 0 Å². The van der Waals surface area contributed by atoms with E-state index in [-0.39, 0.29) is 0 Å². The van der Waals surface area contributed by atoms with Crippen LogP contribution in [0.3, 0.4) is 0 Å². The molecule has 0 N–H and O–H groups in total. The molecule has 8 aromatic rings. The topological polar surface area (TPSA) is 38.7 Å². The molecule has 186 valence electrons. The number of benzene rings is 5. The first-order valence-electron chi connectivity index (χ1n) is 13.4. The molecule has 0 aliphatic rings. The zero-order chi connectivity index (χ0) is 26.5. The van der Waals surface area contributed by atoms with E-state index < -0.39 is 0 Å². The molecule has 40 heavy (non-hydrogen) atoms. The van der Waals surface area contributed by atoms with Crippen LogP contribution in [0.15, 0.2) is 140 Å². The second kappa shape index (κ2) is 9.11. The fourth-order valence-corrected chi connectivity index (χ4v) is 5.82. The lowest BCUT2D eigenvalue weighted by atomic mass is 9.89. The van der Waals surface area contributed by atoms with E-state index in [0.717, 1.165) is 33.9 Å². The molecule has 0 bridgehead atoms. The summed E-state index contributed by atoms with van der Waals surface area (Å²) in [6.45, 7) is 0. The van der Waals surface area contributed by atoms with Gasteiger partial charge in [-0.15, -0.1) is 0 Å². The smallest absolute Gasteiger partial charge is 0.0900 e. The molecule has 0 aliphatic heterocycles. The molecule has 3 nitrogen and oxygen atoms in total. The van der Waals surface area contributed by atoms with E-state index in [1.165, 1.54) is 43.4 Å². The highest BCUT2D eigenvalue weighted by Gasteiger charge is 2.13. The summed E-state index contributed by atoms with van der Waals surface area (Å²) in [6.07, 6.45) is 3.60. The quantitative estimate of drug-likeness (QED) is 0.222. The van der Waals surface area contributed by atoms with Gasteiger partial charge in [-0.05, 0) is 91.0 Å². The van der Waals surface area contributed by atoms with Gasteiger partial charge in [-0.25, -0.2) is 4.98 Å². The molecule has 0 fully saturated rings. The Morgan fingerprint density at radius 1 is 0.375 bits per heavy atom. The van der Waals surface area contributed by atoms with E-state index in [4.69, 9.17) is 4.98 Å². The molecule has 3 heteroatoms. The lowest BCUT2D eigenvalue weighted by Gasteiger charge is -2.14. The molecule has 0 aliphatic carbocycles. The van der Waals surface area contributed by atoms with E-state index in [0.29, 0.717) is 0 Å². The lowest BCUT2D eigenvalue weighted by molar-refractivity contribution is 1.22. The Labute approximate surface area is 231 Å². The highest BCUT2D eigenvalue weighted by molar-refractivity contribution is 6.25. The van der Waals surface area contributed by atoms with Crippen LogP contribution >= 0.6 is 0 Å². The fraction of sp³-hybridized carbons (Fsp3) is 0. The van der Waals surface area contributed by atoms with Gasteiger partial charge in [0, 0.05) is 12.4 Å². The number of rotatable bonds is 4. The van der Waals surface area contributed by atoms with Crippen LogP contribution in [-0.2, 0) is 0 Å². The Morgan fingerprint density at radius 2 is 0.950 bits per heavy atom. The van der Waals surface area contributed by atoms with E-state index >= 15 is 0 Å². The minimum atomic E-state index is 0.828. The van der Waals surface area contributed by atoms with E-state index in [1.54, 1.807) is 12.4 Å². The average molecular weight is 510 g/mol. The van der Waals surface area contributed by atoms with E-state index in [2.05, 4.69) is 101 Å². The Hall–Kier alpha value is -5.41. The van der Waals surface area contributed by atoms with Gasteiger partial charge in [-0.2, -0.15) is 0 Å². The Kier molecular flexibility index (Phi) is 5.14. The van der Waals surface area contributed by atoms with Crippen LogP contribution in [0.2, 0.25) is 0 Å². The summed E-state index contributed by atoms with van der Waals surface area (Å²) in [6, 6.07) is 44.9. The maximum atomic E-state index is 4.91. The van der Waals surface area contributed by atoms with Crippen molar-refractivity contribution in [2.45, 2.75) is 0 Å². The highest BCUT2D eigenvalue weighted by atomic mass is 14.8. The normalized spacial score (nSPS) is 11.5. The molecule has 0 unspecified atom stereocenters. The molecule has 3 aromatic heterocycles. The average Bonchev–Trinajstić information content (AvgIpc) is 3.04. The van der Waals surface area contributed by atoms with Crippen molar-refractivity contribution in [3.8, 4) is 45.0 Å². The van der Waals surface area contributed by atoms with Crippen molar-refractivity contribution in [2.75, 3.05) is 0 Å². The van der Waals surface area contributed by atoms with Crippen molar-refractivity contribution in [1.82, 2.24) is 15.0 Å². The summed E-state index contributed by atoms with van der Waals surface area (Å²) in [5.74, 6) is 0. The number of aromatic nitrogens is 3. The third-order valence-corrected chi connectivity index (χ3v) is 7.74. The second-order valence-corrected chi connectivity index (χ2v) is 10.1. The number of hydrogen-bond acceptors (Lipinski definition) is 3. The van der Waals surface area contributed by atoms with Crippen molar-refractivity contribution in [1.29, 1.82) is 0 Å². The van der Waals surface area contributed by atoms with Crippen molar-refractivity contribution < 1.29 is 0 Å². The SMILES string of the molecule is c1ccc(-c2cc(-c3ccc(-c4ccc5ccc6cccc7ccc4c5c67)cc3)cc(-c3ccccn3)n2)nc1. The number of pyridine rings is 3. The maximum absolute atomic E-state index is 4.91. The molecule has 3 heterocycles. The van der Waals surface area contributed by atoms with Crippen molar-refractivity contribution in [3.05, 3.63) is 140 Å². The van der Waals surface area contributed by atoms with Crippen LogP contribution < -0.4 is 0 Å². The lowest BCUT2D eigenvalue weighted by Crippen LogP contribution is -1.94. The van der Waals surface area contributed by atoms with E-state index in [1.807, 2.05) is 36.4 Å². The molecular formula is C37H23N3. The zero-order valence-corrected chi connectivity index (χ0v) is 21.6. The van der Waals surface area contributed by atoms with Gasteiger partial charge in [0.05, 0.1) is 22.8 Å². The standard InChI is InChI=1S/C37H23N3/c1-3-20-38-32(8-1)34-22-29(23-35(40-34)33-9-2-4-21-39-33)24-10-12-25(13-11-24)30-18-16-28-15-14-26-6-5-7-27-17-19-31(30)37(28)36(26)27/h1-23H. The summed E-state index contributed by atoms with van der Waals surface area (Å²) in [7, 11) is 0. The zero-order valence-electron chi connectivity index (χ0n) is 21.6. The van der Waals surface area contributed by atoms with Crippen molar-refractivity contribution in [2.24, 2.45) is 0 Å². The number of hydrogen-bond donors (Lipinski definition) is 0. The van der Waals surface area contributed by atoms with Crippen LogP contribution in [0.25, 0.3) is 77.3 Å². The summed E-state index contributed by atoms with van der Waals surface area (Å²) in [5, 5.41) is 7.82. The van der Waals surface area contributed by atoms with Crippen LogP contribution in [0, 0.1) is 0 Å². The first-order chi connectivity index (χ1) is 19.8. The number of nitrogens with zero attached hydrogens (tertiary/aromatic N) is 3. The molecule has 8 rings (SSSR count). The molecule has 5 aromatic carbocycles. The predicted octanol–water partition coefficient (Wildman–Crippen LogP) is 9.44. The van der Waals surface area contributed by atoms with Gasteiger partial charge in [0.15, 0.2) is 0 Å². The monoisotopic (exact) mass is 509 g/mol. The van der Waals surface area contributed by atoms with Crippen LogP contribution in [-0.4, -0.2) is 15.0 Å². The summed E-state index contributed by atoms with van der Waals surface area (Å²) in [4.78, 5) is 14.0. The summed E-state index contributed by atoms with van der Waals surface area (Å²) in [5.41, 5.74) is 7.99. The first kappa shape index (κ1) is 22.6. The van der Waals surface area contributed by atoms with Crippen molar-refractivity contribution in [3.63, 3.8) is 0 Å². The minimum absolute atomic E-state index is 0.828. The third-order valence-electron chi connectivity index (χ3n) is 7.74.